The molecule has 0 saturated carbocycles. The van der Waals surface area contributed by atoms with Crippen molar-refractivity contribution in [3.8, 4) is 0 Å². The maximum Gasteiger partial charge on any atom is 0.251 e. The van der Waals surface area contributed by atoms with Gasteiger partial charge in [-0.2, -0.15) is 0 Å². The Labute approximate surface area is 162 Å². The highest BCUT2D eigenvalue weighted by Crippen LogP contribution is 2.17. The fourth-order valence-corrected chi connectivity index (χ4v) is 6.70. The molecule has 146 valence electrons. The van der Waals surface area contributed by atoms with Crippen LogP contribution in [0.4, 0.5) is 0 Å². The Kier molecular flexibility index (Phi) is 5.71. The third-order valence-corrected chi connectivity index (χ3v) is 8.69. The molecule has 0 bridgehead atoms. The molecule has 3 rings (SSSR count). The van der Waals surface area contributed by atoms with Crippen LogP contribution in [-0.2, 0) is 26.4 Å². The molecule has 27 heavy (non-hydrogen) atoms. The summed E-state index contributed by atoms with van der Waals surface area (Å²) in [7, 11) is -7.01. The summed E-state index contributed by atoms with van der Waals surface area (Å²) < 4.78 is 50.2. The quantitative estimate of drug-likeness (QED) is 0.724. The van der Waals surface area contributed by atoms with Crippen molar-refractivity contribution < 1.29 is 21.6 Å². The minimum Gasteiger partial charge on any atom is -0.347 e. The third kappa shape index (κ3) is 4.95. The second kappa shape index (κ2) is 7.70. The van der Waals surface area contributed by atoms with Crippen molar-refractivity contribution in [2.45, 2.75) is 30.8 Å². The van der Waals surface area contributed by atoms with E-state index in [1.807, 2.05) is 18.4 Å². The first kappa shape index (κ1) is 20.0. The molecule has 1 aromatic heterocycles. The predicted molar refractivity (Wildman–Crippen MR) is 104 cm³/mol. The Morgan fingerprint density at radius 2 is 1.93 bits per heavy atom. The van der Waals surface area contributed by atoms with E-state index in [2.05, 4.69) is 10.0 Å². The number of benzene rings is 1. The number of hydrogen-bond acceptors (Lipinski definition) is 6. The minimum absolute atomic E-state index is 0.00236. The molecule has 1 saturated heterocycles. The summed E-state index contributed by atoms with van der Waals surface area (Å²) in [5, 5.41) is 4.77. The first-order valence-corrected chi connectivity index (χ1v) is 12.5. The lowest BCUT2D eigenvalue weighted by Crippen LogP contribution is -2.35. The molecule has 2 heterocycles. The zero-order valence-corrected chi connectivity index (χ0v) is 17.1. The Hall–Kier alpha value is -1.75. The second-order valence-corrected chi connectivity index (χ2v) is 11.4. The van der Waals surface area contributed by atoms with E-state index in [1.54, 1.807) is 11.3 Å². The number of nitrogens with one attached hydrogen (secondary N) is 2. The van der Waals surface area contributed by atoms with Gasteiger partial charge in [-0.1, -0.05) is 0 Å². The molecular weight excluding hydrogens is 408 g/mol. The Morgan fingerprint density at radius 3 is 2.48 bits per heavy atom. The topological polar surface area (TPSA) is 109 Å². The van der Waals surface area contributed by atoms with Gasteiger partial charge in [0.15, 0.2) is 9.84 Å². The highest BCUT2D eigenvalue weighted by Gasteiger charge is 2.31. The Balaban J connectivity index is 1.63. The summed E-state index contributed by atoms with van der Waals surface area (Å²) in [6, 6.07) is 6.94. The number of sulfonamides is 1. The molecule has 10 heteroatoms. The first-order valence-electron chi connectivity index (χ1n) is 8.30. The zero-order valence-electron chi connectivity index (χ0n) is 14.6. The van der Waals surface area contributed by atoms with Crippen LogP contribution in [0.1, 0.15) is 27.2 Å². The molecule has 1 aromatic carbocycles. The van der Waals surface area contributed by atoms with Crippen LogP contribution in [0.2, 0.25) is 0 Å². The van der Waals surface area contributed by atoms with Crippen molar-refractivity contribution in [2.24, 2.45) is 0 Å². The van der Waals surface area contributed by atoms with Crippen molar-refractivity contribution in [1.29, 1.82) is 0 Å². The van der Waals surface area contributed by atoms with Crippen LogP contribution < -0.4 is 10.0 Å². The van der Waals surface area contributed by atoms with Gasteiger partial charge in [0.2, 0.25) is 10.0 Å². The van der Waals surface area contributed by atoms with Gasteiger partial charge < -0.3 is 5.32 Å². The lowest BCUT2D eigenvalue weighted by molar-refractivity contribution is 0.0951. The van der Waals surface area contributed by atoms with Crippen molar-refractivity contribution in [2.75, 3.05) is 11.5 Å². The first-order chi connectivity index (χ1) is 12.7. The summed E-state index contributed by atoms with van der Waals surface area (Å²) in [4.78, 5) is 13.3. The summed E-state index contributed by atoms with van der Waals surface area (Å²) in [6.07, 6.45) is 0.268. The van der Waals surface area contributed by atoms with Gasteiger partial charge in [0, 0.05) is 16.5 Å². The van der Waals surface area contributed by atoms with Crippen LogP contribution in [0.15, 0.2) is 40.6 Å². The van der Waals surface area contributed by atoms with Crippen LogP contribution in [0.25, 0.3) is 0 Å². The maximum absolute atomic E-state index is 12.4. The lowest BCUT2D eigenvalue weighted by atomic mass is 10.2. The maximum atomic E-state index is 12.4. The number of sulfone groups is 1. The monoisotopic (exact) mass is 428 g/mol. The summed E-state index contributed by atoms with van der Waals surface area (Å²) in [5.74, 6) is -0.487. The lowest BCUT2D eigenvalue weighted by Gasteiger charge is -2.12. The van der Waals surface area contributed by atoms with Crippen molar-refractivity contribution in [3.63, 3.8) is 0 Å². The van der Waals surface area contributed by atoms with Gasteiger partial charge in [0.05, 0.1) is 22.9 Å². The van der Waals surface area contributed by atoms with Crippen LogP contribution in [0.3, 0.4) is 0 Å². The molecule has 0 radical (unpaired) electrons. The van der Waals surface area contributed by atoms with E-state index >= 15 is 0 Å². The van der Waals surface area contributed by atoms with E-state index in [0.717, 1.165) is 10.4 Å². The summed E-state index contributed by atoms with van der Waals surface area (Å²) in [5.41, 5.74) is 1.47. The number of carbonyl (C=O) groups is 1. The van der Waals surface area contributed by atoms with Gasteiger partial charge in [-0.05, 0) is 54.6 Å². The number of carbonyl (C=O) groups excluding carboxylic acids is 1. The highest BCUT2D eigenvalue weighted by molar-refractivity contribution is 7.92. The molecule has 1 aliphatic rings. The summed E-state index contributed by atoms with van der Waals surface area (Å²) >= 11 is 1.56. The molecule has 7 nitrogen and oxygen atoms in total. The van der Waals surface area contributed by atoms with Crippen LogP contribution >= 0.6 is 11.3 Å². The normalized spacial score (nSPS) is 19.1. The van der Waals surface area contributed by atoms with Crippen LogP contribution in [0.5, 0.6) is 0 Å². The van der Waals surface area contributed by atoms with Crippen molar-refractivity contribution in [3.05, 3.63) is 51.7 Å². The molecule has 1 aliphatic heterocycles. The molecule has 1 atom stereocenters. The molecule has 1 fully saturated rings. The van der Waals surface area contributed by atoms with Gasteiger partial charge in [0.25, 0.3) is 5.91 Å². The average molecular weight is 429 g/mol. The number of rotatable bonds is 6. The smallest absolute Gasteiger partial charge is 0.251 e. The largest absolute Gasteiger partial charge is 0.347 e. The van der Waals surface area contributed by atoms with E-state index in [9.17, 15) is 21.6 Å². The van der Waals surface area contributed by atoms with Gasteiger partial charge in [-0.3, -0.25) is 4.79 Å². The van der Waals surface area contributed by atoms with Crippen molar-refractivity contribution in [1.82, 2.24) is 10.0 Å². The third-order valence-electron chi connectivity index (χ3n) is 4.36. The zero-order chi connectivity index (χ0) is 19.7. The fraction of sp³-hybridized carbons (Fsp3) is 0.353. The standard InChI is InChI=1S/C17H20N2O5S3/c1-12-6-8-25-16(12)10-18-17(20)13-2-4-15(5-3-13)27(23,24)19-14-7-9-26(21,22)11-14/h2-6,8,14,19H,7,9-11H2,1H3,(H,18,20). The number of hydrogen-bond donors (Lipinski definition) is 2. The molecule has 2 N–H and O–H groups in total. The van der Waals surface area contributed by atoms with Crippen LogP contribution in [0, 0.1) is 6.92 Å². The molecule has 1 amide bonds. The van der Waals surface area contributed by atoms with E-state index in [1.165, 1.54) is 24.3 Å². The van der Waals surface area contributed by atoms with E-state index in [4.69, 9.17) is 0 Å². The van der Waals surface area contributed by atoms with E-state index < -0.39 is 25.9 Å². The molecule has 0 aliphatic carbocycles. The summed E-state index contributed by atoms with van der Waals surface area (Å²) in [6.45, 7) is 2.39. The van der Waals surface area contributed by atoms with Gasteiger partial charge in [-0.25, -0.2) is 21.6 Å². The molecule has 0 spiro atoms. The number of amides is 1. The Morgan fingerprint density at radius 1 is 1.22 bits per heavy atom. The van der Waals surface area contributed by atoms with E-state index in [0.29, 0.717) is 12.1 Å². The van der Waals surface area contributed by atoms with Gasteiger partial charge >= 0.3 is 0 Å². The second-order valence-electron chi connectivity index (χ2n) is 6.46. The Bertz CT molecular complexity index is 1040. The van der Waals surface area contributed by atoms with Crippen LogP contribution in [-0.4, -0.2) is 40.3 Å². The fourth-order valence-electron chi connectivity index (χ4n) is 2.81. The molecule has 2 aromatic rings. The van der Waals surface area contributed by atoms with Crippen molar-refractivity contribution >= 4 is 37.1 Å². The highest BCUT2D eigenvalue weighted by atomic mass is 32.2. The predicted octanol–water partition coefficient (Wildman–Crippen LogP) is 1.45. The van der Waals surface area contributed by atoms with Gasteiger partial charge in [0.1, 0.15) is 0 Å². The molecular formula is C17H20N2O5S3. The molecule has 1 unspecified atom stereocenters. The van der Waals surface area contributed by atoms with Gasteiger partial charge in [-0.15, -0.1) is 11.3 Å². The average Bonchev–Trinajstić information content (AvgIpc) is 3.17. The SMILES string of the molecule is Cc1ccsc1CNC(=O)c1ccc(S(=O)(=O)NC2CCS(=O)(=O)C2)cc1. The van der Waals surface area contributed by atoms with E-state index in [-0.39, 0.29) is 28.7 Å². The number of aryl methyl sites for hydroxylation is 1. The number of thiophene rings is 1. The minimum atomic E-state index is -3.83.